The number of halogens is 1. The first kappa shape index (κ1) is 9.99. The molecule has 0 saturated carbocycles. The van der Waals surface area contributed by atoms with Crippen molar-refractivity contribution in [1.82, 2.24) is 5.32 Å². The van der Waals surface area contributed by atoms with Crippen LogP contribution in [0.4, 0.5) is 0 Å². The molecule has 0 aromatic heterocycles. The molecule has 0 saturated heterocycles. The Labute approximate surface area is 85.8 Å². The Kier molecular flexibility index (Phi) is 3.71. The van der Waals surface area contributed by atoms with Gasteiger partial charge in [0, 0.05) is 17.6 Å². The molecule has 0 aliphatic carbocycles. The van der Waals surface area contributed by atoms with Crippen LogP contribution in [0.5, 0.6) is 0 Å². The molecule has 0 atom stereocenters. The minimum atomic E-state index is -0.0945. The monoisotopic (exact) mass is 239 g/mol. The molecule has 68 valence electrons. The van der Waals surface area contributed by atoms with E-state index in [9.17, 15) is 4.79 Å². The normalized spacial score (nSPS) is 10.3. The highest BCUT2D eigenvalue weighted by atomic mass is 79.9. The Balaban J connectivity index is 2.69. The van der Waals surface area contributed by atoms with Gasteiger partial charge in [-0.3, -0.25) is 4.79 Å². The van der Waals surface area contributed by atoms with Crippen molar-refractivity contribution in [3.63, 3.8) is 0 Å². The lowest BCUT2D eigenvalue weighted by molar-refractivity contribution is -0.115. The van der Waals surface area contributed by atoms with Gasteiger partial charge in [0.25, 0.3) is 0 Å². The molecule has 3 heteroatoms. The maximum Gasteiger partial charge on any atom is 0.243 e. The number of amides is 1. The maximum atomic E-state index is 10.8. The second kappa shape index (κ2) is 4.82. The number of carbonyl (C=O) groups excluding carboxylic acids is 1. The standard InChI is InChI=1S/C10H10BrNO/c1-12-10(13)7-4-8-2-5-9(11)6-3-8/h2-7H,1H3,(H,12,13). The van der Waals surface area contributed by atoms with E-state index >= 15 is 0 Å². The first-order valence-electron chi connectivity index (χ1n) is 3.88. The molecule has 0 fully saturated rings. The average Bonchev–Trinajstić information content (AvgIpc) is 2.16. The Bertz CT molecular complexity index is 316. The predicted molar refractivity (Wildman–Crippen MR) is 57.2 cm³/mol. The van der Waals surface area contributed by atoms with Crippen LogP contribution in [0.25, 0.3) is 6.08 Å². The van der Waals surface area contributed by atoms with Crippen molar-refractivity contribution in [3.05, 3.63) is 40.4 Å². The van der Waals surface area contributed by atoms with Crippen molar-refractivity contribution >= 4 is 27.9 Å². The molecule has 1 aromatic carbocycles. The quantitative estimate of drug-likeness (QED) is 0.789. The smallest absolute Gasteiger partial charge is 0.243 e. The Morgan fingerprint density at radius 1 is 1.38 bits per heavy atom. The van der Waals surface area contributed by atoms with E-state index in [2.05, 4.69) is 21.2 Å². The second-order valence-corrected chi connectivity index (χ2v) is 3.41. The summed E-state index contributed by atoms with van der Waals surface area (Å²) in [6.45, 7) is 0. The molecule has 1 aromatic rings. The summed E-state index contributed by atoms with van der Waals surface area (Å²) in [5, 5.41) is 2.51. The van der Waals surface area contributed by atoms with Gasteiger partial charge >= 0.3 is 0 Å². The minimum Gasteiger partial charge on any atom is -0.356 e. The number of likely N-dealkylation sites (N-methyl/N-ethyl adjacent to an activating group) is 1. The maximum absolute atomic E-state index is 10.8. The lowest BCUT2D eigenvalue weighted by Gasteiger charge is -1.93. The molecule has 0 bridgehead atoms. The van der Waals surface area contributed by atoms with Gasteiger partial charge in [-0.25, -0.2) is 0 Å². The number of rotatable bonds is 2. The molecule has 1 rings (SSSR count). The molecular weight excluding hydrogens is 230 g/mol. The zero-order valence-corrected chi connectivity index (χ0v) is 8.84. The molecule has 0 unspecified atom stereocenters. The van der Waals surface area contributed by atoms with Crippen molar-refractivity contribution in [2.45, 2.75) is 0 Å². The molecule has 1 N–H and O–H groups in total. The first-order valence-corrected chi connectivity index (χ1v) is 4.67. The summed E-state index contributed by atoms with van der Waals surface area (Å²) >= 11 is 3.34. The summed E-state index contributed by atoms with van der Waals surface area (Å²) in [5.41, 5.74) is 1.01. The molecular formula is C10H10BrNO. The summed E-state index contributed by atoms with van der Waals surface area (Å²) in [5.74, 6) is -0.0945. The third-order valence-corrected chi connectivity index (χ3v) is 2.07. The van der Waals surface area contributed by atoms with E-state index in [0.29, 0.717) is 0 Å². The van der Waals surface area contributed by atoms with Crippen molar-refractivity contribution in [1.29, 1.82) is 0 Å². The number of carbonyl (C=O) groups is 1. The SMILES string of the molecule is CNC(=O)C=Cc1ccc(Br)cc1. The van der Waals surface area contributed by atoms with Gasteiger partial charge in [-0.1, -0.05) is 28.1 Å². The van der Waals surface area contributed by atoms with Crippen LogP contribution >= 0.6 is 15.9 Å². The lowest BCUT2D eigenvalue weighted by Crippen LogP contribution is -2.13. The van der Waals surface area contributed by atoms with Crippen molar-refractivity contribution < 1.29 is 4.79 Å². The zero-order valence-electron chi connectivity index (χ0n) is 7.25. The van der Waals surface area contributed by atoms with Crippen molar-refractivity contribution in [2.75, 3.05) is 7.05 Å². The third-order valence-electron chi connectivity index (χ3n) is 1.54. The summed E-state index contributed by atoms with van der Waals surface area (Å²) in [4.78, 5) is 10.8. The van der Waals surface area contributed by atoms with E-state index < -0.39 is 0 Å². The van der Waals surface area contributed by atoms with Gasteiger partial charge in [-0.15, -0.1) is 0 Å². The molecule has 2 nitrogen and oxygen atoms in total. The Hall–Kier alpha value is -1.09. The van der Waals surface area contributed by atoms with E-state index in [1.807, 2.05) is 24.3 Å². The van der Waals surface area contributed by atoms with Crippen molar-refractivity contribution in [3.8, 4) is 0 Å². The Morgan fingerprint density at radius 3 is 2.54 bits per heavy atom. The Morgan fingerprint density at radius 2 is 2.00 bits per heavy atom. The van der Waals surface area contributed by atoms with Crippen LogP contribution in [0.2, 0.25) is 0 Å². The first-order chi connectivity index (χ1) is 6.22. The van der Waals surface area contributed by atoms with E-state index in [4.69, 9.17) is 0 Å². The van der Waals surface area contributed by atoms with Crippen LogP contribution in [-0.2, 0) is 4.79 Å². The zero-order chi connectivity index (χ0) is 9.68. The van der Waals surface area contributed by atoms with Gasteiger partial charge in [0.05, 0.1) is 0 Å². The van der Waals surface area contributed by atoms with Crippen molar-refractivity contribution in [2.24, 2.45) is 0 Å². The van der Waals surface area contributed by atoms with Crippen LogP contribution in [0.15, 0.2) is 34.8 Å². The molecule has 0 spiro atoms. The van der Waals surface area contributed by atoms with Gasteiger partial charge in [0.2, 0.25) is 5.91 Å². The van der Waals surface area contributed by atoms with Crippen LogP contribution in [-0.4, -0.2) is 13.0 Å². The molecule has 1 amide bonds. The minimum absolute atomic E-state index is 0.0945. The molecule has 0 radical (unpaired) electrons. The van der Waals surface area contributed by atoms with E-state index in [0.717, 1.165) is 10.0 Å². The summed E-state index contributed by atoms with van der Waals surface area (Å²) < 4.78 is 1.03. The highest BCUT2D eigenvalue weighted by Gasteiger charge is 1.90. The lowest BCUT2D eigenvalue weighted by atomic mass is 10.2. The highest BCUT2D eigenvalue weighted by Crippen LogP contribution is 2.11. The second-order valence-electron chi connectivity index (χ2n) is 2.50. The van der Waals surface area contributed by atoms with E-state index in [1.165, 1.54) is 6.08 Å². The fourth-order valence-corrected chi connectivity index (χ4v) is 1.09. The molecule has 0 heterocycles. The van der Waals surface area contributed by atoms with Gasteiger partial charge in [0.1, 0.15) is 0 Å². The molecule has 0 aliphatic heterocycles. The van der Waals surface area contributed by atoms with Crippen LogP contribution < -0.4 is 5.32 Å². The largest absolute Gasteiger partial charge is 0.356 e. The van der Waals surface area contributed by atoms with Crippen LogP contribution in [0.1, 0.15) is 5.56 Å². The topological polar surface area (TPSA) is 29.1 Å². The highest BCUT2D eigenvalue weighted by molar-refractivity contribution is 9.10. The van der Waals surface area contributed by atoms with Crippen LogP contribution in [0, 0.1) is 0 Å². The number of benzene rings is 1. The number of hydrogen-bond acceptors (Lipinski definition) is 1. The van der Waals surface area contributed by atoms with Gasteiger partial charge < -0.3 is 5.32 Å². The number of hydrogen-bond donors (Lipinski definition) is 1. The fraction of sp³-hybridized carbons (Fsp3) is 0.100. The predicted octanol–water partition coefficient (Wildman–Crippen LogP) is 2.21. The molecule has 13 heavy (non-hydrogen) atoms. The summed E-state index contributed by atoms with van der Waals surface area (Å²) in [6, 6.07) is 7.74. The summed E-state index contributed by atoms with van der Waals surface area (Å²) in [6.07, 6.45) is 3.27. The van der Waals surface area contributed by atoms with Gasteiger partial charge in [-0.05, 0) is 23.8 Å². The molecule has 0 aliphatic rings. The van der Waals surface area contributed by atoms with Gasteiger partial charge in [-0.2, -0.15) is 0 Å². The average molecular weight is 240 g/mol. The fourth-order valence-electron chi connectivity index (χ4n) is 0.829. The van der Waals surface area contributed by atoms with E-state index in [-0.39, 0.29) is 5.91 Å². The van der Waals surface area contributed by atoms with Crippen LogP contribution in [0.3, 0.4) is 0 Å². The van der Waals surface area contributed by atoms with E-state index in [1.54, 1.807) is 13.1 Å². The van der Waals surface area contributed by atoms with Gasteiger partial charge in [0.15, 0.2) is 0 Å². The summed E-state index contributed by atoms with van der Waals surface area (Å²) in [7, 11) is 1.61. The number of nitrogens with one attached hydrogen (secondary N) is 1. The third kappa shape index (κ3) is 3.42.